The van der Waals surface area contributed by atoms with E-state index in [1.807, 2.05) is 0 Å². The van der Waals surface area contributed by atoms with Gasteiger partial charge in [0.15, 0.2) is 0 Å². The lowest BCUT2D eigenvalue weighted by Crippen LogP contribution is -2.38. The van der Waals surface area contributed by atoms with Gasteiger partial charge in [0.2, 0.25) is 0 Å². The molecule has 0 bridgehead atoms. The summed E-state index contributed by atoms with van der Waals surface area (Å²) < 4.78 is 16.2. The van der Waals surface area contributed by atoms with Gasteiger partial charge in [-0.05, 0) is 50.1 Å². The van der Waals surface area contributed by atoms with E-state index in [0.29, 0.717) is 24.4 Å². The number of aromatic nitrogens is 2. The zero-order chi connectivity index (χ0) is 13.7. The van der Waals surface area contributed by atoms with Crippen LogP contribution < -0.4 is 9.47 Å². The fourth-order valence-corrected chi connectivity index (χ4v) is 2.42. The molecule has 0 N–H and O–H groups in total. The molecular formula is C13H23N3O3. The number of unbranched alkanes of at least 4 members (excludes halogenated alkanes) is 1. The smallest absolute Gasteiger partial charge is 0.320 e. The molecule has 2 unspecified atom stereocenters. The molecular weight excluding hydrogens is 246 g/mol. The first-order chi connectivity index (χ1) is 9.22. The highest BCUT2D eigenvalue weighted by atomic mass is 16.6. The van der Waals surface area contributed by atoms with Crippen molar-refractivity contribution in [2.45, 2.75) is 51.2 Å². The molecule has 6 heteroatoms. The molecule has 2 atom stereocenters. The van der Waals surface area contributed by atoms with E-state index in [9.17, 15) is 0 Å². The summed E-state index contributed by atoms with van der Waals surface area (Å²) in [4.78, 5) is 2.20. The van der Waals surface area contributed by atoms with Crippen molar-refractivity contribution in [3.63, 3.8) is 0 Å². The number of rotatable bonds is 7. The zero-order valence-electron chi connectivity index (χ0n) is 12.0. The van der Waals surface area contributed by atoms with Crippen molar-refractivity contribution in [1.29, 1.82) is 0 Å². The molecule has 0 saturated heterocycles. The molecule has 1 aliphatic carbocycles. The molecule has 0 amide bonds. The Kier molecular flexibility index (Phi) is 5.01. The van der Waals surface area contributed by atoms with Crippen LogP contribution in [0.3, 0.4) is 0 Å². The third-order valence-corrected chi connectivity index (χ3v) is 3.51. The van der Waals surface area contributed by atoms with Crippen molar-refractivity contribution in [3.8, 4) is 11.8 Å². The summed E-state index contributed by atoms with van der Waals surface area (Å²) in [7, 11) is 4.15. The van der Waals surface area contributed by atoms with Gasteiger partial charge in [-0.3, -0.25) is 0 Å². The van der Waals surface area contributed by atoms with Crippen molar-refractivity contribution in [2.24, 2.45) is 0 Å². The fourth-order valence-electron chi connectivity index (χ4n) is 2.42. The van der Waals surface area contributed by atoms with E-state index in [2.05, 4.69) is 36.2 Å². The van der Waals surface area contributed by atoms with Gasteiger partial charge in [0.05, 0.1) is 6.61 Å². The largest absolute Gasteiger partial charge is 0.472 e. The Morgan fingerprint density at radius 3 is 2.79 bits per heavy atom. The van der Waals surface area contributed by atoms with E-state index in [0.717, 1.165) is 25.7 Å². The topological polar surface area (TPSA) is 60.6 Å². The number of hydrogen-bond acceptors (Lipinski definition) is 6. The second-order valence-corrected chi connectivity index (χ2v) is 5.19. The van der Waals surface area contributed by atoms with Gasteiger partial charge in [0.1, 0.15) is 6.10 Å². The third-order valence-electron chi connectivity index (χ3n) is 3.51. The van der Waals surface area contributed by atoms with Crippen LogP contribution in [0.2, 0.25) is 0 Å². The van der Waals surface area contributed by atoms with Crippen LogP contribution in [0.5, 0.6) is 11.8 Å². The van der Waals surface area contributed by atoms with Gasteiger partial charge >= 0.3 is 11.8 Å². The van der Waals surface area contributed by atoms with Crippen LogP contribution in [0.4, 0.5) is 0 Å². The SMILES string of the molecule is CCCCOc1nonc1OC1CCCC1N(C)C. The number of likely N-dealkylation sites (N-methyl/N-ethyl adjacent to an activating group) is 1. The maximum Gasteiger partial charge on any atom is 0.320 e. The molecule has 1 fully saturated rings. The average molecular weight is 269 g/mol. The molecule has 108 valence electrons. The number of ether oxygens (including phenoxy) is 2. The van der Waals surface area contributed by atoms with Crippen LogP contribution in [-0.4, -0.2) is 48.1 Å². The summed E-state index contributed by atoms with van der Waals surface area (Å²) in [5.74, 6) is 0.757. The maximum absolute atomic E-state index is 5.92. The van der Waals surface area contributed by atoms with Crippen molar-refractivity contribution in [3.05, 3.63) is 0 Å². The lowest BCUT2D eigenvalue weighted by atomic mass is 10.2. The highest BCUT2D eigenvalue weighted by Gasteiger charge is 2.32. The standard InChI is InChI=1S/C13H23N3O3/c1-4-5-9-17-12-13(15-19-14-12)18-11-8-6-7-10(11)16(2)3/h10-11H,4-9H2,1-3H3. The molecule has 0 radical (unpaired) electrons. The van der Waals surface area contributed by atoms with Crippen LogP contribution in [0, 0.1) is 0 Å². The Morgan fingerprint density at radius 1 is 1.26 bits per heavy atom. The van der Waals surface area contributed by atoms with Crippen molar-refractivity contribution in [2.75, 3.05) is 20.7 Å². The first kappa shape index (κ1) is 14.1. The molecule has 0 aliphatic heterocycles. The predicted molar refractivity (Wildman–Crippen MR) is 70.4 cm³/mol. The molecule has 6 nitrogen and oxygen atoms in total. The number of nitrogens with zero attached hydrogens (tertiary/aromatic N) is 3. The minimum Gasteiger partial charge on any atom is -0.472 e. The Morgan fingerprint density at radius 2 is 2.05 bits per heavy atom. The summed E-state index contributed by atoms with van der Waals surface area (Å²) >= 11 is 0. The maximum atomic E-state index is 5.92. The van der Waals surface area contributed by atoms with Crippen LogP contribution in [0.25, 0.3) is 0 Å². The number of hydrogen-bond donors (Lipinski definition) is 0. The van der Waals surface area contributed by atoms with Crippen molar-refractivity contribution in [1.82, 2.24) is 15.2 Å². The molecule has 1 aromatic heterocycles. The van der Waals surface area contributed by atoms with E-state index < -0.39 is 0 Å². The summed E-state index contributed by atoms with van der Waals surface area (Å²) in [6.45, 7) is 2.73. The first-order valence-corrected chi connectivity index (χ1v) is 7.00. The summed E-state index contributed by atoms with van der Waals surface area (Å²) in [5, 5.41) is 7.55. The van der Waals surface area contributed by atoms with Crippen LogP contribution in [-0.2, 0) is 0 Å². The zero-order valence-corrected chi connectivity index (χ0v) is 12.0. The lowest BCUT2D eigenvalue weighted by molar-refractivity contribution is 0.108. The van der Waals surface area contributed by atoms with E-state index in [-0.39, 0.29) is 6.10 Å². The van der Waals surface area contributed by atoms with Gasteiger partial charge in [-0.25, -0.2) is 4.63 Å². The monoisotopic (exact) mass is 269 g/mol. The molecule has 19 heavy (non-hydrogen) atoms. The Hall–Kier alpha value is -1.30. The second-order valence-electron chi connectivity index (χ2n) is 5.19. The molecule has 1 aromatic rings. The van der Waals surface area contributed by atoms with E-state index in [1.165, 1.54) is 6.42 Å². The quantitative estimate of drug-likeness (QED) is 0.706. The van der Waals surface area contributed by atoms with Crippen LogP contribution in [0.15, 0.2) is 4.63 Å². The molecule has 2 rings (SSSR count). The van der Waals surface area contributed by atoms with Crippen molar-refractivity contribution >= 4 is 0 Å². The molecule has 1 heterocycles. The van der Waals surface area contributed by atoms with Gasteiger partial charge in [-0.15, -0.1) is 0 Å². The van der Waals surface area contributed by atoms with E-state index in [1.54, 1.807) is 0 Å². The lowest BCUT2D eigenvalue weighted by Gasteiger charge is -2.25. The first-order valence-electron chi connectivity index (χ1n) is 7.00. The molecule has 1 saturated carbocycles. The van der Waals surface area contributed by atoms with Gasteiger partial charge in [-0.2, -0.15) is 0 Å². The van der Waals surface area contributed by atoms with Crippen LogP contribution in [0.1, 0.15) is 39.0 Å². The average Bonchev–Trinajstić information content (AvgIpc) is 3.00. The molecule has 0 aromatic carbocycles. The van der Waals surface area contributed by atoms with Gasteiger partial charge in [0.25, 0.3) is 0 Å². The Labute approximate surface area is 114 Å². The van der Waals surface area contributed by atoms with Gasteiger partial charge < -0.3 is 14.4 Å². The summed E-state index contributed by atoms with van der Waals surface area (Å²) in [6, 6.07) is 0.417. The molecule has 1 aliphatic rings. The second kappa shape index (κ2) is 6.75. The normalized spacial score (nSPS) is 22.9. The minimum absolute atomic E-state index is 0.135. The highest BCUT2D eigenvalue weighted by Crippen LogP contribution is 2.30. The fraction of sp³-hybridized carbons (Fsp3) is 0.846. The van der Waals surface area contributed by atoms with Gasteiger partial charge in [-0.1, -0.05) is 13.3 Å². The minimum atomic E-state index is 0.135. The molecule has 0 spiro atoms. The van der Waals surface area contributed by atoms with E-state index in [4.69, 9.17) is 14.1 Å². The van der Waals surface area contributed by atoms with Crippen LogP contribution >= 0.6 is 0 Å². The van der Waals surface area contributed by atoms with Crippen molar-refractivity contribution < 1.29 is 14.1 Å². The summed E-state index contributed by atoms with van der Waals surface area (Å²) in [6.07, 6.45) is 5.54. The predicted octanol–water partition coefficient (Wildman–Crippen LogP) is 2.11. The Bertz CT molecular complexity index is 381. The summed E-state index contributed by atoms with van der Waals surface area (Å²) in [5.41, 5.74) is 0. The third kappa shape index (κ3) is 3.59. The Balaban J connectivity index is 1.93. The van der Waals surface area contributed by atoms with E-state index >= 15 is 0 Å². The highest BCUT2D eigenvalue weighted by molar-refractivity contribution is 5.22. The van der Waals surface area contributed by atoms with Gasteiger partial charge in [0, 0.05) is 6.04 Å².